The second kappa shape index (κ2) is 3.94. The minimum Gasteiger partial charge on any atom is -0.378 e. The fourth-order valence-corrected chi connectivity index (χ4v) is 1.41. The fraction of sp³-hybridized carbons (Fsp3) is 1.00. The predicted molar refractivity (Wildman–Crippen MR) is 41.9 cm³/mol. The van der Waals surface area contributed by atoms with Gasteiger partial charge < -0.3 is 10.5 Å². The van der Waals surface area contributed by atoms with Gasteiger partial charge in [-0.15, -0.1) is 0 Å². The molecule has 1 heterocycles. The summed E-state index contributed by atoms with van der Waals surface area (Å²) in [4.78, 5) is 0. The zero-order valence-electron chi connectivity index (χ0n) is 6.68. The minimum absolute atomic E-state index is 0.295. The molecule has 2 nitrogen and oxygen atoms in total. The van der Waals surface area contributed by atoms with Crippen LogP contribution < -0.4 is 5.73 Å². The molecule has 2 atom stereocenters. The van der Waals surface area contributed by atoms with Gasteiger partial charge in [-0.3, -0.25) is 0 Å². The summed E-state index contributed by atoms with van der Waals surface area (Å²) in [5.74, 6) is 0. The van der Waals surface area contributed by atoms with Crippen LogP contribution in [-0.4, -0.2) is 18.8 Å². The van der Waals surface area contributed by atoms with Gasteiger partial charge in [-0.1, -0.05) is 0 Å². The average Bonchev–Trinajstić information content (AvgIpc) is 1.88. The quantitative estimate of drug-likeness (QED) is 0.632. The van der Waals surface area contributed by atoms with E-state index >= 15 is 0 Å². The van der Waals surface area contributed by atoms with E-state index in [1.54, 1.807) is 0 Å². The van der Waals surface area contributed by atoms with Gasteiger partial charge in [0.15, 0.2) is 0 Å². The molecule has 0 radical (unpaired) electrons. The summed E-state index contributed by atoms with van der Waals surface area (Å²) in [6, 6.07) is 0.295. The molecule has 1 fully saturated rings. The molecule has 0 aromatic carbocycles. The summed E-state index contributed by atoms with van der Waals surface area (Å²) in [6.45, 7) is 2.98. The lowest BCUT2D eigenvalue weighted by molar-refractivity contribution is 0.00837. The van der Waals surface area contributed by atoms with E-state index in [4.69, 9.17) is 10.5 Å². The van der Waals surface area contributed by atoms with Crippen LogP contribution in [0.2, 0.25) is 0 Å². The van der Waals surface area contributed by atoms with Crippen LogP contribution in [0.25, 0.3) is 0 Å². The molecule has 0 amide bonds. The molecule has 2 heteroatoms. The molecule has 1 aliphatic heterocycles. The highest BCUT2D eigenvalue weighted by Crippen LogP contribution is 2.15. The maximum Gasteiger partial charge on any atom is 0.0589 e. The van der Waals surface area contributed by atoms with Crippen molar-refractivity contribution in [1.82, 2.24) is 0 Å². The molecule has 0 saturated carbocycles. The van der Waals surface area contributed by atoms with E-state index in [0.29, 0.717) is 12.1 Å². The highest BCUT2D eigenvalue weighted by molar-refractivity contribution is 4.67. The first-order chi connectivity index (χ1) is 4.79. The van der Waals surface area contributed by atoms with Crippen LogP contribution in [0, 0.1) is 0 Å². The molecule has 0 spiro atoms. The summed E-state index contributed by atoms with van der Waals surface area (Å²) in [7, 11) is 0. The topological polar surface area (TPSA) is 35.2 Å². The zero-order chi connectivity index (χ0) is 7.40. The first kappa shape index (κ1) is 8.02. The Hall–Kier alpha value is -0.0800. The normalized spacial score (nSPS) is 30.0. The van der Waals surface area contributed by atoms with Crippen LogP contribution in [-0.2, 0) is 4.74 Å². The maximum atomic E-state index is 5.64. The van der Waals surface area contributed by atoms with Crippen molar-refractivity contribution in [2.24, 2.45) is 5.73 Å². The Morgan fingerprint density at radius 3 is 2.90 bits per heavy atom. The Balaban J connectivity index is 2.13. The van der Waals surface area contributed by atoms with Crippen LogP contribution in [0.4, 0.5) is 0 Å². The average molecular weight is 143 g/mol. The first-order valence-corrected chi connectivity index (χ1v) is 4.16. The summed E-state index contributed by atoms with van der Waals surface area (Å²) in [5.41, 5.74) is 5.64. The van der Waals surface area contributed by atoms with Gasteiger partial charge in [0.05, 0.1) is 6.10 Å². The van der Waals surface area contributed by atoms with Crippen LogP contribution in [0.5, 0.6) is 0 Å². The van der Waals surface area contributed by atoms with E-state index in [1.807, 2.05) is 6.92 Å². The second-order valence-electron chi connectivity index (χ2n) is 3.20. The second-order valence-corrected chi connectivity index (χ2v) is 3.20. The van der Waals surface area contributed by atoms with Crippen LogP contribution in [0.1, 0.15) is 32.6 Å². The lowest BCUT2D eigenvalue weighted by Gasteiger charge is -2.23. The van der Waals surface area contributed by atoms with E-state index < -0.39 is 0 Å². The summed E-state index contributed by atoms with van der Waals surface area (Å²) in [6.07, 6.45) is 5.24. The highest BCUT2D eigenvalue weighted by Gasteiger charge is 2.14. The van der Waals surface area contributed by atoms with Crippen molar-refractivity contribution in [2.75, 3.05) is 6.61 Å². The standard InChI is InChI=1S/C8H17NO/c1-7(9)6-8-4-2-3-5-10-8/h7-8H,2-6,9H2,1H3/t7-,8?/m0/s1. The van der Waals surface area contributed by atoms with Crippen LogP contribution in [0.15, 0.2) is 0 Å². The molecule has 10 heavy (non-hydrogen) atoms. The van der Waals surface area contributed by atoms with Crippen molar-refractivity contribution in [3.63, 3.8) is 0 Å². The summed E-state index contributed by atoms with van der Waals surface area (Å²) in [5, 5.41) is 0. The summed E-state index contributed by atoms with van der Waals surface area (Å²) < 4.78 is 5.51. The van der Waals surface area contributed by atoms with Gasteiger partial charge in [0.25, 0.3) is 0 Å². The van der Waals surface area contributed by atoms with Gasteiger partial charge in [-0.2, -0.15) is 0 Å². The monoisotopic (exact) mass is 143 g/mol. The Labute approximate surface area is 62.7 Å². The molecule has 1 saturated heterocycles. The molecule has 0 aromatic heterocycles. The molecular formula is C8H17NO. The first-order valence-electron chi connectivity index (χ1n) is 4.16. The van der Waals surface area contributed by atoms with Gasteiger partial charge in [-0.25, -0.2) is 0 Å². The molecule has 1 aliphatic rings. The molecule has 0 bridgehead atoms. The van der Waals surface area contributed by atoms with Gasteiger partial charge in [0.2, 0.25) is 0 Å². The minimum atomic E-state index is 0.295. The maximum absolute atomic E-state index is 5.64. The molecule has 0 aliphatic carbocycles. The SMILES string of the molecule is C[C@H](N)CC1CCCCO1. The van der Waals surface area contributed by atoms with Crippen molar-refractivity contribution in [1.29, 1.82) is 0 Å². The highest BCUT2D eigenvalue weighted by atomic mass is 16.5. The van der Waals surface area contributed by atoms with E-state index in [9.17, 15) is 0 Å². The van der Waals surface area contributed by atoms with Gasteiger partial charge >= 0.3 is 0 Å². The number of hydrogen-bond donors (Lipinski definition) is 1. The van der Waals surface area contributed by atoms with E-state index in [1.165, 1.54) is 19.3 Å². The molecule has 2 N–H and O–H groups in total. The fourth-order valence-electron chi connectivity index (χ4n) is 1.41. The number of hydrogen-bond acceptors (Lipinski definition) is 2. The molecule has 1 unspecified atom stereocenters. The lowest BCUT2D eigenvalue weighted by Crippen LogP contribution is -2.27. The van der Waals surface area contributed by atoms with E-state index in [2.05, 4.69) is 0 Å². The van der Waals surface area contributed by atoms with Crippen molar-refractivity contribution in [2.45, 2.75) is 44.8 Å². The van der Waals surface area contributed by atoms with Crippen molar-refractivity contribution < 1.29 is 4.74 Å². The van der Waals surface area contributed by atoms with Gasteiger partial charge in [0, 0.05) is 12.6 Å². The Bertz CT molecular complexity index is 87.3. The van der Waals surface area contributed by atoms with Gasteiger partial charge in [-0.05, 0) is 32.6 Å². The molecule has 60 valence electrons. The lowest BCUT2D eigenvalue weighted by atomic mass is 10.0. The summed E-state index contributed by atoms with van der Waals surface area (Å²) >= 11 is 0. The number of ether oxygens (including phenoxy) is 1. The molecular weight excluding hydrogens is 126 g/mol. The largest absolute Gasteiger partial charge is 0.378 e. The Morgan fingerprint density at radius 1 is 1.60 bits per heavy atom. The van der Waals surface area contributed by atoms with Gasteiger partial charge in [0.1, 0.15) is 0 Å². The van der Waals surface area contributed by atoms with Crippen molar-refractivity contribution in [3.05, 3.63) is 0 Å². The third-order valence-corrected chi connectivity index (χ3v) is 1.91. The zero-order valence-corrected chi connectivity index (χ0v) is 6.68. The number of nitrogens with two attached hydrogens (primary N) is 1. The third kappa shape index (κ3) is 2.67. The van der Waals surface area contributed by atoms with Crippen LogP contribution >= 0.6 is 0 Å². The van der Waals surface area contributed by atoms with E-state index in [-0.39, 0.29) is 0 Å². The van der Waals surface area contributed by atoms with Crippen molar-refractivity contribution in [3.8, 4) is 0 Å². The van der Waals surface area contributed by atoms with E-state index in [0.717, 1.165) is 13.0 Å². The number of rotatable bonds is 2. The van der Waals surface area contributed by atoms with Crippen molar-refractivity contribution >= 4 is 0 Å². The Morgan fingerprint density at radius 2 is 2.40 bits per heavy atom. The predicted octanol–water partition coefficient (Wildman–Crippen LogP) is 1.29. The third-order valence-electron chi connectivity index (χ3n) is 1.91. The van der Waals surface area contributed by atoms with Crippen LogP contribution in [0.3, 0.4) is 0 Å². The Kier molecular flexibility index (Phi) is 3.16. The molecule has 1 rings (SSSR count). The smallest absolute Gasteiger partial charge is 0.0589 e. The molecule has 0 aromatic rings.